The van der Waals surface area contributed by atoms with Crippen LogP contribution in [0.5, 0.6) is 5.75 Å². The van der Waals surface area contributed by atoms with Gasteiger partial charge in [-0.05, 0) is 36.4 Å². The van der Waals surface area contributed by atoms with Gasteiger partial charge in [-0.3, -0.25) is 0 Å². The summed E-state index contributed by atoms with van der Waals surface area (Å²) in [7, 11) is 0. The highest BCUT2D eigenvalue weighted by atomic mass is 19.1. The summed E-state index contributed by atoms with van der Waals surface area (Å²) in [5, 5.41) is 0.950. The summed E-state index contributed by atoms with van der Waals surface area (Å²) in [6.45, 7) is 0. The van der Waals surface area contributed by atoms with Gasteiger partial charge in [-0.1, -0.05) is 24.3 Å². The van der Waals surface area contributed by atoms with E-state index in [0.717, 1.165) is 10.9 Å². The zero-order chi connectivity index (χ0) is 13.9. The van der Waals surface area contributed by atoms with Gasteiger partial charge >= 0.3 is 5.97 Å². The first-order chi connectivity index (χ1) is 9.72. The topological polar surface area (TPSA) is 39.2 Å². The van der Waals surface area contributed by atoms with Gasteiger partial charge in [-0.25, -0.2) is 14.2 Å². The van der Waals surface area contributed by atoms with Crippen LogP contribution in [0.1, 0.15) is 10.5 Å². The first kappa shape index (κ1) is 12.3. The van der Waals surface area contributed by atoms with E-state index in [4.69, 9.17) is 4.74 Å². The Morgan fingerprint density at radius 2 is 1.70 bits per heavy atom. The second-order valence-corrected chi connectivity index (χ2v) is 4.23. The summed E-state index contributed by atoms with van der Waals surface area (Å²) in [6, 6.07) is 16.2. The van der Waals surface area contributed by atoms with Crippen LogP contribution in [0, 0.1) is 5.82 Å². The molecular weight excluding hydrogens is 257 g/mol. The number of para-hydroxylation sites is 1. The van der Waals surface area contributed by atoms with Gasteiger partial charge in [0, 0.05) is 5.39 Å². The number of carbonyl (C=O) groups is 1. The largest absolute Gasteiger partial charge is 0.422 e. The van der Waals surface area contributed by atoms with Crippen molar-refractivity contribution in [1.29, 1.82) is 0 Å². The van der Waals surface area contributed by atoms with Crippen molar-refractivity contribution in [2.75, 3.05) is 0 Å². The lowest BCUT2D eigenvalue weighted by molar-refractivity contribution is 0.0729. The van der Waals surface area contributed by atoms with E-state index >= 15 is 0 Å². The Hall–Kier alpha value is -2.75. The summed E-state index contributed by atoms with van der Waals surface area (Å²) in [6.07, 6.45) is 0. The highest BCUT2D eigenvalue weighted by Gasteiger charge is 2.10. The number of carbonyl (C=O) groups excluding carboxylic acids is 1. The zero-order valence-corrected chi connectivity index (χ0v) is 10.4. The summed E-state index contributed by atoms with van der Waals surface area (Å²) in [5.41, 5.74) is 0.939. The number of nitrogens with zero attached hydrogens (tertiary/aromatic N) is 1. The van der Waals surface area contributed by atoms with Crippen molar-refractivity contribution in [3.63, 3.8) is 0 Å². The number of hydrogen-bond donors (Lipinski definition) is 0. The molecule has 3 rings (SSSR count). The number of halogens is 1. The average molecular weight is 267 g/mol. The number of rotatable bonds is 2. The van der Waals surface area contributed by atoms with Gasteiger partial charge < -0.3 is 4.74 Å². The molecule has 0 spiro atoms. The van der Waals surface area contributed by atoms with E-state index in [0.29, 0.717) is 0 Å². The van der Waals surface area contributed by atoms with Crippen molar-refractivity contribution in [2.24, 2.45) is 0 Å². The molecule has 20 heavy (non-hydrogen) atoms. The summed E-state index contributed by atoms with van der Waals surface area (Å²) < 4.78 is 17.9. The number of aromatic nitrogens is 1. The average Bonchev–Trinajstić information content (AvgIpc) is 2.49. The van der Waals surface area contributed by atoms with E-state index in [1.807, 2.05) is 30.3 Å². The van der Waals surface area contributed by atoms with E-state index in [2.05, 4.69) is 4.98 Å². The molecule has 0 amide bonds. The molecule has 0 saturated carbocycles. The molecule has 98 valence electrons. The van der Waals surface area contributed by atoms with Crippen molar-refractivity contribution >= 4 is 16.9 Å². The van der Waals surface area contributed by atoms with Crippen LogP contribution in [0.2, 0.25) is 0 Å². The zero-order valence-electron chi connectivity index (χ0n) is 10.4. The maximum absolute atomic E-state index is 12.8. The maximum atomic E-state index is 12.8. The molecule has 4 heteroatoms. The number of fused-ring (bicyclic) bond motifs is 1. The third kappa shape index (κ3) is 2.49. The van der Waals surface area contributed by atoms with Crippen molar-refractivity contribution in [3.8, 4) is 5.75 Å². The molecule has 0 fully saturated rings. The highest BCUT2D eigenvalue weighted by molar-refractivity contribution is 5.92. The minimum absolute atomic E-state index is 0.216. The predicted octanol–water partition coefficient (Wildman–Crippen LogP) is 3.59. The number of ether oxygens (including phenoxy) is 1. The van der Waals surface area contributed by atoms with Crippen LogP contribution in [0.25, 0.3) is 10.9 Å². The number of pyridine rings is 1. The highest BCUT2D eigenvalue weighted by Crippen LogP contribution is 2.15. The van der Waals surface area contributed by atoms with Crippen LogP contribution in [0.3, 0.4) is 0 Å². The maximum Gasteiger partial charge on any atom is 0.362 e. The van der Waals surface area contributed by atoms with Crippen molar-refractivity contribution in [3.05, 3.63) is 72.2 Å². The molecule has 0 radical (unpaired) electrons. The molecule has 0 bridgehead atoms. The molecule has 0 aliphatic heterocycles. The predicted molar refractivity (Wildman–Crippen MR) is 73.1 cm³/mol. The Balaban J connectivity index is 1.86. The van der Waals surface area contributed by atoms with E-state index in [9.17, 15) is 9.18 Å². The lowest BCUT2D eigenvalue weighted by Crippen LogP contribution is -2.10. The van der Waals surface area contributed by atoms with Crippen molar-refractivity contribution in [2.45, 2.75) is 0 Å². The molecular formula is C16H10FNO2. The van der Waals surface area contributed by atoms with Crippen LogP contribution in [-0.2, 0) is 0 Å². The van der Waals surface area contributed by atoms with E-state index in [-0.39, 0.29) is 17.3 Å². The third-order valence-electron chi connectivity index (χ3n) is 2.83. The van der Waals surface area contributed by atoms with Crippen LogP contribution < -0.4 is 4.74 Å². The molecule has 1 heterocycles. The van der Waals surface area contributed by atoms with E-state index in [1.165, 1.54) is 24.3 Å². The standard InChI is InChI=1S/C16H10FNO2/c17-12-6-8-13(9-7-12)20-16(19)15-10-5-11-3-1-2-4-14(11)18-15/h1-10H. The first-order valence-electron chi connectivity index (χ1n) is 6.06. The molecule has 0 aliphatic carbocycles. The number of hydrogen-bond acceptors (Lipinski definition) is 3. The summed E-state index contributed by atoms with van der Waals surface area (Å²) >= 11 is 0. The summed E-state index contributed by atoms with van der Waals surface area (Å²) in [4.78, 5) is 16.2. The lowest BCUT2D eigenvalue weighted by atomic mass is 10.2. The van der Waals surface area contributed by atoms with Crippen LogP contribution in [0.15, 0.2) is 60.7 Å². The minimum atomic E-state index is -0.567. The van der Waals surface area contributed by atoms with Gasteiger partial charge in [0.1, 0.15) is 17.3 Å². The number of benzene rings is 2. The van der Waals surface area contributed by atoms with Gasteiger partial charge in [-0.2, -0.15) is 0 Å². The fourth-order valence-corrected chi connectivity index (χ4v) is 1.84. The Kier molecular flexibility index (Phi) is 3.13. The molecule has 3 nitrogen and oxygen atoms in total. The smallest absolute Gasteiger partial charge is 0.362 e. The van der Waals surface area contributed by atoms with E-state index < -0.39 is 5.97 Å². The Morgan fingerprint density at radius 1 is 0.950 bits per heavy atom. The number of esters is 1. The van der Waals surface area contributed by atoms with Gasteiger partial charge in [0.2, 0.25) is 0 Å². The van der Waals surface area contributed by atoms with Gasteiger partial charge in [0.25, 0.3) is 0 Å². The third-order valence-corrected chi connectivity index (χ3v) is 2.83. The van der Waals surface area contributed by atoms with E-state index in [1.54, 1.807) is 6.07 Å². The van der Waals surface area contributed by atoms with Crippen LogP contribution in [0.4, 0.5) is 4.39 Å². The molecule has 0 unspecified atom stereocenters. The Bertz CT molecular complexity index is 769. The fraction of sp³-hybridized carbons (Fsp3) is 0. The van der Waals surface area contributed by atoms with Crippen LogP contribution in [-0.4, -0.2) is 11.0 Å². The fourth-order valence-electron chi connectivity index (χ4n) is 1.84. The molecule has 0 aliphatic rings. The molecule has 1 aromatic heterocycles. The van der Waals surface area contributed by atoms with Gasteiger partial charge in [-0.15, -0.1) is 0 Å². The molecule has 2 aromatic carbocycles. The minimum Gasteiger partial charge on any atom is -0.422 e. The molecule has 0 saturated heterocycles. The molecule has 0 atom stereocenters. The quantitative estimate of drug-likeness (QED) is 0.526. The summed E-state index contributed by atoms with van der Waals surface area (Å²) in [5.74, 6) is -0.664. The Labute approximate surface area is 114 Å². The van der Waals surface area contributed by atoms with Crippen molar-refractivity contribution < 1.29 is 13.9 Å². The lowest BCUT2D eigenvalue weighted by Gasteiger charge is -2.04. The SMILES string of the molecule is O=C(Oc1ccc(F)cc1)c1ccc2ccccc2n1. The Morgan fingerprint density at radius 3 is 2.50 bits per heavy atom. The second-order valence-electron chi connectivity index (χ2n) is 4.23. The molecule has 3 aromatic rings. The molecule has 0 N–H and O–H groups in total. The van der Waals surface area contributed by atoms with Crippen LogP contribution >= 0.6 is 0 Å². The normalized spacial score (nSPS) is 10.4. The first-order valence-corrected chi connectivity index (χ1v) is 6.06. The van der Waals surface area contributed by atoms with Gasteiger partial charge in [0.15, 0.2) is 0 Å². The second kappa shape index (κ2) is 5.09. The van der Waals surface area contributed by atoms with Crippen molar-refractivity contribution in [1.82, 2.24) is 4.98 Å². The van der Waals surface area contributed by atoms with Gasteiger partial charge in [0.05, 0.1) is 5.52 Å². The monoisotopic (exact) mass is 267 g/mol.